The van der Waals surface area contributed by atoms with Crippen LogP contribution in [0.3, 0.4) is 0 Å². The molecule has 1 amide bonds. The number of nitrogens with zero attached hydrogens (tertiary/aromatic N) is 3. The molecule has 0 aliphatic heterocycles. The minimum Gasteiger partial charge on any atom is -0.340 e. The topological polar surface area (TPSA) is 61.9 Å². The van der Waals surface area contributed by atoms with Crippen molar-refractivity contribution in [3.8, 4) is 0 Å². The van der Waals surface area contributed by atoms with Crippen molar-refractivity contribution in [2.24, 2.45) is 0 Å². The summed E-state index contributed by atoms with van der Waals surface area (Å²) >= 11 is 0. The van der Waals surface area contributed by atoms with Gasteiger partial charge in [0.15, 0.2) is 5.69 Å². The molecule has 2 aromatic rings. The van der Waals surface area contributed by atoms with Gasteiger partial charge in [-0.15, -0.1) is 0 Å². The molecule has 5 heteroatoms. The van der Waals surface area contributed by atoms with Crippen LogP contribution >= 0.6 is 0 Å². The van der Waals surface area contributed by atoms with E-state index in [-0.39, 0.29) is 5.91 Å². The first-order valence-corrected chi connectivity index (χ1v) is 5.42. The number of carbonyl (C=O) groups excluding carboxylic acids is 1. The number of hydrogen-bond donors (Lipinski definition) is 1. The molecule has 0 radical (unpaired) electrons. The normalized spacial score (nSPS) is 10.2. The third-order valence-corrected chi connectivity index (χ3v) is 2.56. The summed E-state index contributed by atoms with van der Waals surface area (Å²) in [7, 11) is 1.76. The minimum atomic E-state index is -0.116. The maximum atomic E-state index is 11.8. The number of nitrogens with one attached hydrogen (secondary N) is 1. The van der Waals surface area contributed by atoms with Gasteiger partial charge in [-0.3, -0.25) is 4.79 Å². The molecule has 88 valence electrons. The fraction of sp³-hybridized carbons (Fsp3) is 0.250. The Hall–Kier alpha value is -2.17. The van der Waals surface area contributed by atoms with Gasteiger partial charge < -0.3 is 4.90 Å². The SMILES string of the molecule is CN(CCc1ccccc1)C(=O)c1cn[nH]n1. The molecule has 1 heterocycles. The lowest BCUT2D eigenvalue weighted by molar-refractivity contribution is 0.0791. The number of benzene rings is 1. The summed E-state index contributed by atoms with van der Waals surface area (Å²) in [5.74, 6) is -0.116. The fourth-order valence-electron chi connectivity index (χ4n) is 1.54. The van der Waals surface area contributed by atoms with Gasteiger partial charge >= 0.3 is 0 Å². The number of H-pyrrole nitrogens is 1. The average molecular weight is 230 g/mol. The molecule has 0 aliphatic carbocycles. The molecule has 0 saturated carbocycles. The number of carbonyl (C=O) groups is 1. The zero-order valence-electron chi connectivity index (χ0n) is 9.63. The first-order chi connectivity index (χ1) is 8.27. The predicted molar refractivity (Wildman–Crippen MR) is 63.5 cm³/mol. The lowest BCUT2D eigenvalue weighted by atomic mass is 10.1. The molecular weight excluding hydrogens is 216 g/mol. The molecule has 2 rings (SSSR count). The van der Waals surface area contributed by atoms with Gasteiger partial charge in [0.05, 0.1) is 6.20 Å². The Labute approximate surface area is 99.5 Å². The third-order valence-electron chi connectivity index (χ3n) is 2.56. The van der Waals surface area contributed by atoms with Crippen molar-refractivity contribution >= 4 is 5.91 Å². The van der Waals surface area contributed by atoms with E-state index in [0.29, 0.717) is 12.2 Å². The second kappa shape index (κ2) is 5.25. The highest BCUT2D eigenvalue weighted by atomic mass is 16.2. The molecule has 0 unspecified atom stereocenters. The molecule has 1 aromatic carbocycles. The number of rotatable bonds is 4. The van der Waals surface area contributed by atoms with Gasteiger partial charge in [0.2, 0.25) is 0 Å². The van der Waals surface area contributed by atoms with E-state index < -0.39 is 0 Å². The van der Waals surface area contributed by atoms with Crippen molar-refractivity contribution in [1.29, 1.82) is 0 Å². The lowest BCUT2D eigenvalue weighted by Crippen LogP contribution is -2.29. The Morgan fingerprint density at radius 1 is 1.35 bits per heavy atom. The van der Waals surface area contributed by atoms with Crippen molar-refractivity contribution < 1.29 is 4.79 Å². The van der Waals surface area contributed by atoms with E-state index >= 15 is 0 Å². The maximum Gasteiger partial charge on any atom is 0.275 e. The number of likely N-dealkylation sites (N-methyl/N-ethyl adjacent to an activating group) is 1. The Bertz CT molecular complexity index is 467. The molecule has 0 fully saturated rings. The Morgan fingerprint density at radius 3 is 2.76 bits per heavy atom. The lowest BCUT2D eigenvalue weighted by Gasteiger charge is -2.15. The van der Waals surface area contributed by atoms with Crippen molar-refractivity contribution in [2.75, 3.05) is 13.6 Å². The standard InChI is InChI=1S/C12H14N4O/c1-16(12(17)11-9-13-15-14-11)8-7-10-5-3-2-4-6-10/h2-6,9H,7-8H2,1H3,(H,13,14,15). The van der Waals surface area contributed by atoms with Gasteiger partial charge in [0.1, 0.15) is 0 Å². The molecule has 5 nitrogen and oxygen atoms in total. The van der Waals surface area contributed by atoms with Crippen LogP contribution in [0.2, 0.25) is 0 Å². The first kappa shape index (κ1) is 11.3. The highest BCUT2D eigenvalue weighted by molar-refractivity contribution is 5.91. The Morgan fingerprint density at radius 2 is 2.12 bits per heavy atom. The van der Waals surface area contributed by atoms with Crippen LogP contribution < -0.4 is 0 Å². The summed E-state index contributed by atoms with van der Waals surface area (Å²) < 4.78 is 0. The van der Waals surface area contributed by atoms with Crippen LogP contribution in [-0.4, -0.2) is 39.8 Å². The van der Waals surface area contributed by atoms with Crippen LogP contribution in [0.1, 0.15) is 16.1 Å². The van der Waals surface area contributed by atoms with Gasteiger partial charge in [0.25, 0.3) is 5.91 Å². The van der Waals surface area contributed by atoms with Crippen LogP contribution in [0.15, 0.2) is 36.5 Å². The van der Waals surface area contributed by atoms with E-state index in [2.05, 4.69) is 27.5 Å². The first-order valence-electron chi connectivity index (χ1n) is 5.42. The summed E-state index contributed by atoms with van der Waals surface area (Å²) in [6.45, 7) is 0.662. The second-order valence-electron chi connectivity index (χ2n) is 3.82. The molecule has 0 bridgehead atoms. The van der Waals surface area contributed by atoms with E-state index in [4.69, 9.17) is 0 Å². The smallest absolute Gasteiger partial charge is 0.275 e. The summed E-state index contributed by atoms with van der Waals surface area (Å²) in [5.41, 5.74) is 1.56. The molecule has 17 heavy (non-hydrogen) atoms. The van der Waals surface area contributed by atoms with E-state index in [9.17, 15) is 4.79 Å². The van der Waals surface area contributed by atoms with Gasteiger partial charge in [0, 0.05) is 13.6 Å². The van der Waals surface area contributed by atoms with Crippen LogP contribution in [0, 0.1) is 0 Å². The Balaban J connectivity index is 1.90. The highest BCUT2D eigenvalue weighted by Crippen LogP contribution is 2.02. The number of aromatic amines is 1. The van der Waals surface area contributed by atoms with E-state index in [1.165, 1.54) is 11.8 Å². The van der Waals surface area contributed by atoms with Gasteiger partial charge in [-0.1, -0.05) is 30.3 Å². The molecule has 0 saturated heterocycles. The summed E-state index contributed by atoms with van der Waals surface area (Å²) in [4.78, 5) is 13.5. The molecule has 0 aliphatic rings. The summed E-state index contributed by atoms with van der Waals surface area (Å²) in [6.07, 6.45) is 2.27. The second-order valence-corrected chi connectivity index (χ2v) is 3.82. The average Bonchev–Trinajstić information content (AvgIpc) is 2.90. The fourth-order valence-corrected chi connectivity index (χ4v) is 1.54. The van der Waals surface area contributed by atoms with Crippen molar-refractivity contribution in [3.05, 3.63) is 47.8 Å². The largest absolute Gasteiger partial charge is 0.340 e. The zero-order chi connectivity index (χ0) is 12.1. The van der Waals surface area contributed by atoms with Gasteiger partial charge in [-0.2, -0.15) is 15.4 Å². The summed E-state index contributed by atoms with van der Waals surface area (Å²) in [6, 6.07) is 10.1. The van der Waals surface area contributed by atoms with Crippen molar-refractivity contribution in [2.45, 2.75) is 6.42 Å². The van der Waals surface area contributed by atoms with Crippen LogP contribution in [0.4, 0.5) is 0 Å². The van der Waals surface area contributed by atoms with Gasteiger partial charge in [-0.25, -0.2) is 0 Å². The quantitative estimate of drug-likeness (QED) is 0.856. The number of hydrogen-bond acceptors (Lipinski definition) is 3. The van der Waals surface area contributed by atoms with E-state index in [0.717, 1.165) is 6.42 Å². The van der Waals surface area contributed by atoms with Crippen molar-refractivity contribution in [1.82, 2.24) is 20.3 Å². The molecule has 1 N–H and O–H groups in total. The van der Waals surface area contributed by atoms with Crippen LogP contribution in [-0.2, 0) is 6.42 Å². The van der Waals surface area contributed by atoms with Crippen LogP contribution in [0.5, 0.6) is 0 Å². The zero-order valence-corrected chi connectivity index (χ0v) is 9.63. The molecular formula is C12H14N4O. The van der Waals surface area contributed by atoms with Gasteiger partial charge in [-0.05, 0) is 12.0 Å². The number of amides is 1. The molecule has 0 atom stereocenters. The predicted octanol–water partition coefficient (Wildman–Crippen LogP) is 1.12. The van der Waals surface area contributed by atoms with Crippen molar-refractivity contribution in [3.63, 3.8) is 0 Å². The highest BCUT2D eigenvalue weighted by Gasteiger charge is 2.13. The van der Waals surface area contributed by atoms with E-state index in [1.54, 1.807) is 11.9 Å². The molecule has 0 spiro atoms. The Kier molecular flexibility index (Phi) is 3.49. The maximum absolute atomic E-state index is 11.8. The minimum absolute atomic E-state index is 0.116. The number of aromatic nitrogens is 3. The van der Waals surface area contributed by atoms with Crippen LogP contribution in [0.25, 0.3) is 0 Å². The third kappa shape index (κ3) is 2.90. The van der Waals surface area contributed by atoms with E-state index in [1.807, 2.05) is 18.2 Å². The molecule has 1 aromatic heterocycles. The summed E-state index contributed by atoms with van der Waals surface area (Å²) in [5, 5.41) is 9.82. The monoisotopic (exact) mass is 230 g/mol.